The zero-order chi connectivity index (χ0) is 23.5. The van der Waals surface area contributed by atoms with Gasteiger partial charge in [0.2, 0.25) is 5.91 Å². The number of hydrogen-bond acceptors (Lipinski definition) is 8. The van der Waals surface area contributed by atoms with Crippen molar-refractivity contribution >= 4 is 5.91 Å². The van der Waals surface area contributed by atoms with E-state index in [1.165, 1.54) is 19.3 Å². The molecule has 0 aromatic heterocycles. The standard InChI is InChI=1S/C25H47N7O2/c1-15-7-8-17(28-24(33)23-19-5-3-4-6-21(19)31-32-23)12-22(15)30-25-27-10-9-20(29-25)16-11-18(34-2)14-26-13-16/h15-23,25-27,29-32H,3-14H2,1-2H3,(H,28,33). The van der Waals surface area contributed by atoms with Crippen molar-refractivity contribution in [1.29, 1.82) is 0 Å². The summed E-state index contributed by atoms with van der Waals surface area (Å²) in [6.07, 6.45) is 10.7. The Bertz CT molecular complexity index is 682. The van der Waals surface area contributed by atoms with E-state index in [1.54, 1.807) is 0 Å². The number of hydrazine groups is 1. The lowest BCUT2D eigenvalue weighted by atomic mass is 9.80. The molecule has 0 aromatic carbocycles. The van der Waals surface area contributed by atoms with E-state index in [9.17, 15) is 4.79 Å². The van der Waals surface area contributed by atoms with Crippen molar-refractivity contribution in [3.05, 3.63) is 0 Å². The van der Waals surface area contributed by atoms with Crippen LogP contribution in [0.1, 0.15) is 64.7 Å². The SMILES string of the molecule is COC1CNCC(C2CCNC(NC3CC(NC(=O)C4NNC5CCCCC54)CCC3C)N2)C1. The molecule has 0 spiro atoms. The number of amides is 1. The summed E-state index contributed by atoms with van der Waals surface area (Å²) in [6.45, 7) is 5.39. The van der Waals surface area contributed by atoms with E-state index in [0.29, 0.717) is 42.0 Å². The smallest absolute Gasteiger partial charge is 0.239 e. The van der Waals surface area contributed by atoms with E-state index >= 15 is 0 Å². The molecule has 0 bridgehead atoms. The van der Waals surface area contributed by atoms with Crippen LogP contribution in [0, 0.1) is 17.8 Å². The molecule has 2 aliphatic carbocycles. The first-order valence-corrected chi connectivity index (χ1v) is 13.9. The summed E-state index contributed by atoms with van der Waals surface area (Å²) in [7, 11) is 1.82. The molecule has 0 radical (unpaired) electrons. The normalized spacial score (nSPS) is 45.5. The highest BCUT2D eigenvalue weighted by Gasteiger charge is 2.42. The molecular formula is C25H47N7O2. The summed E-state index contributed by atoms with van der Waals surface area (Å²) >= 11 is 0. The quantitative estimate of drug-likeness (QED) is 0.290. The first-order chi connectivity index (χ1) is 16.6. The minimum absolute atomic E-state index is 0.0847. The molecule has 7 N–H and O–H groups in total. The van der Waals surface area contributed by atoms with Crippen molar-refractivity contribution in [2.45, 2.75) is 107 Å². The number of carbonyl (C=O) groups excluding carboxylic acids is 1. The van der Waals surface area contributed by atoms with Crippen LogP contribution in [0.4, 0.5) is 0 Å². The van der Waals surface area contributed by atoms with Crippen molar-refractivity contribution in [2.75, 3.05) is 26.7 Å². The van der Waals surface area contributed by atoms with E-state index in [4.69, 9.17) is 4.74 Å². The molecular weight excluding hydrogens is 430 g/mol. The lowest BCUT2D eigenvalue weighted by Gasteiger charge is -2.43. The third-order valence-electron chi connectivity index (χ3n) is 9.31. The maximum Gasteiger partial charge on any atom is 0.239 e. The third-order valence-corrected chi connectivity index (χ3v) is 9.31. The summed E-state index contributed by atoms with van der Waals surface area (Å²) in [5.41, 5.74) is 6.69. The summed E-state index contributed by atoms with van der Waals surface area (Å²) in [6, 6.07) is 1.49. The van der Waals surface area contributed by atoms with Gasteiger partial charge in [0.25, 0.3) is 0 Å². The largest absolute Gasteiger partial charge is 0.380 e. The second-order valence-corrected chi connectivity index (χ2v) is 11.6. The Hall–Kier alpha value is -0.810. The molecule has 9 heteroatoms. The second-order valence-electron chi connectivity index (χ2n) is 11.6. The fourth-order valence-corrected chi connectivity index (χ4v) is 7.13. The predicted molar refractivity (Wildman–Crippen MR) is 133 cm³/mol. The molecule has 2 saturated carbocycles. The molecule has 0 aromatic rings. The average molecular weight is 478 g/mol. The number of ether oxygens (including phenoxy) is 1. The number of nitrogens with one attached hydrogen (secondary N) is 7. The van der Waals surface area contributed by atoms with Gasteiger partial charge in [0.1, 0.15) is 12.3 Å². The fourth-order valence-electron chi connectivity index (χ4n) is 7.13. The number of rotatable bonds is 6. The van der Waals surface area contributed by atoms with Crippen molar-refractivity contribution in [3.63, 3.8) is 0 Å². The molecule has 9 nitrogen and oxygen atoms in total. The Kier molecular flexibility index (Phi) is 8.41. The Balaban J connectivity index is 1.12. The second kappa shape index (κ2) is 11.5. The predicted octanol–water partition coefficient (Wildman–Crippen LogP) is 0.144. The summed E-state index contributed by atoms with van der Waals surface area (Å²) in [5.74, 6) is 1.81. The van der Waals surface area contributed by atoms with Gasteiger partial charge in [0.05, 0.1) is 6.10 Å². The van der Waals surface area contributed by atoms with Crippen LogP contribution in [0.3, 0.4) is 0 Å². The molecule has 3 heterocycles. The molecule has 3 saturated heterocycles. The molecule has 5 aliphatic rings. The van der Waals surface area contributed by atoms with Crippen LogP contribution in [-0.4, -0.2) is 75.3 Å². The topological polar surface area (TPSA) is 111 Å². The van der Waals surface area contributed by atoms with Gasteiger partial charge in [-0.3, -0.25) is 26.2 Å². The van der Waals surface area contributed by atoms with Crippen LogP contribution in [0.15, 0.2) is 0 Å². The van der Waals surface area contributed by atoms with Gasteiger partial charge < -0.3 is 15.4 Å². The molecule has 3 aliphatic heterocycles. The fraction of sp³-hybridized carbons (Fsp3) is 0.960. The van der Waals surface area contributed by atoms with Crippen molar-refractivity contribution in [3.8, 4) is 0 Å². The average Bonchev–Trinajstić information content (AvgIpc) is 3.31. The molecule has 10 atom stereocenters. The maximum atomic E-state index is 13.1. The first kappa shape index (κ1) is 24.9. The van der Waals surface area contributed by atoms with E-state index < -0.39 is 0 Å². The molecule has 34 heavy (non-hydrogen) atoms. The van der Waals surface area contributed by atoms with Gasteiger partial charge in [-0.15, -0.1) is 0 Å². The van der Waals surface area contributed by atoms with Gasteiger partial charge in [-0.1, -0.05) is 19.8 Å². The van der Waals surface area contributed by atoms with Crippen LogP contribution >= 0.6 is 0 Å². The summed E-state index contributed by atoms with van der Waals surface area (Å²) < 4.78 is 5.62. The van der Waals surface area contributed by atoms with Crippen LogP contribution in [0.2, 0.25) is 0 Å². The molecule has 194 valence electrons. The summed E-state index contributed by atoms with van der Waals surface area (Å²) in [5, 5.41) is 18.3. The van der Waals surface area contributed by atoms with E-state index in [2.05, 4.69) is 44.4 Å². The zero-order valence-electron chi connectivity index (χ0n) is 21.1. The maximum absolute atomic E-state index is 13.1. The molecule has 1 amide bonds. The number of hydrogen-bond donors (Lipinski definition) is 7. The lowest BCUT2D eigenvalue weighted by molar-refractivity contribution is -0.125. The monoisotopic (exact) mass is 477 g/mol. The van der Waals surface area contributed by atoms with Crippen LogP contribution in [0.5, 0.6) is 0 Å². The van der Waals surface area contributed by atoms with Crippen LogP contribution in [-0.2, 0) is 9.53 Å². The molecule has 10 unspecified atom stereocenters. The molecule has 5 fully saturated rings. The Morgan fingerprint density at radius 2 is 1.85 bits per heavy atom. The molecule has 5 rings (SSSR count). The van der Waals surface area contributed by atoms with Crippen LogP contribution in [0.25, 0.3) is 0 Å². The van der Waals surface area contributed by atoms with Gasteiger partial charge in [-0.2, -0.15) is 0 Å². The Morgan fingerprint density at radius 1 is 0.971 bits per heavy atom. The van der Waals surface area contributed by atoms with Gasteiger partial charge in [-0.05, 0) is 69.9 Å². The Labute approximate surface area is 205 Å². The van der Waals surface area contributed by atoms with Gasteiger partial charge in [0.15, 0.2) is 0 Å². The minimum Gasteiger partial charge on any atom is -0.380 e. The highest BCUT2D eigenvalue weighted by atomic mass is 16.5. The minimum atomic E-state index is -0.0847. The highest BCUT2D eigenvalue weighted by Crippen LogP contribution is 2.31. The van der Waals surface area contributed by atoms with Gasteiger partial charge >= 0.3 is 0 Å². The summed E-state index contributed by atoms with van der Waals surface area (Å²) in [4.78, 5) is 13.1. The van der Waals surface area contributed by atoms with Crippen molar-refractivity contribution < 1.29 is 9.53 Å². The van der Waals surface area contributed by atoms with Crippen molar-refractivity contribution in [2.24, 2.45) is 17.8 Å². The van der Waals surface area contributed by atoms with E-state index in [-0.39, 0.29) is 24.3 Å². The third kappa shape index (κ3) is 5.77. The number of methoxy groups -OCH3 is 1. The van der Waals surface area contributed by atoms with Gasteiger partial charge in [-0.25, -0.2) is 5.43 Å². The Morgan fingerprint density at radius 3 is 2.74 bits per heavy atom. The first-order valence-electron chi connectivity index (χ1n) is 13.9. The number of fused-ring (bicyclic) bond motifs is 1. The van der Waals surface area contributed by atoms with Gasteiger partial charge in [0, 0.05) is 43.7 Å². The number of carbonyl (C=O) groups is 1. The van der Waals surface area contributed by atoms with E-state index in [0.717, 1.165) is 58.2 Å². The lowest BCUT2D eigenvalue weighted by Crippen LogP contribution is -2.66. The van der Waals surface area contributed by atoms with E-state index in [1.807, 2.05) is 7.11 Å². The van der Waals surface area contributed by atoms with Crippen LogP contribution < -0.4 is 37.4 Å². The number of piperidine rings is 1. The highest BCUT2D eigenvalue weighted by molar-refractivity contribution is 5.82. The zero-order valence-corrected chi connectivity index (χ0v) is 21.1. The van der Waals surface area contributed by atoms with Crippen molar-refractivity contribution in [1.82, 2.24) is 37.4 Å².